The second kappa shape index (κ2) is 6.20. The fourth-order valence-corrected chi connectivity index (χ4v) is 2.53. The number of carbonyl (C=O) groups excluding carboxylic acids is 1. The van der Waals surface area contributed by atoms with Crippen LogP contribution in [-0.4, -0.2) is 11.0 Å². The van der Waals surface area contributed by atoms with Crippen molar-refractivity contribution in [3.05, 3.63) is 49.9 Å². The molecule has 0 aliphatic heterocycles. The third kappa shape index (κ3) is 3.47. The average molecular weight is 366 g/mol. The highest BCUT2D eigenvalue weighted by molar-refractivity contribution is 6.39. The summed E-state index contributed by atoms with van der Waals surface area (Å²) in [6, 6.07) is 5.51. The molecule has 0 aliphatic rings. The number of hydrogen-bond acceptors (Lipinski definition) is 3. The van der Waals surface area contributed by atoms with Crippen molar-refractivity contribution in [2.45, 2.75) is 0 Å². The van der Waals surface area contributed by atoms with Crippen LogP contribution in [0.25, 0.3) is 0 Å². The summed E-state index contributed by atoms with van der Waals surface area (Å²) in [6.07, 6.45) is 0. The monoisotopic (exact) mass is 364 g/mol. The molecule has 1 amide bonds. The molecule has 4 nitrogen and oxygen atoms in total. The molecule has 0 aromatic heterocycles. The van der Waals surface area contributed by atoms with Gasteiger partial charge in [-0.3, -0.25) is 4.79 Å². The van der Waals surface area contributed by atoms with Crippen LogP contribution in [0.1, 0.15) is 10.4 Å². The van der Waals surface area contributed by atoms with Crippen LogP contribution >= 0.6 is 46.4 Å². The largest absolute Gasteiger partial charge is 0.505 e. The van der Waals surface area contributed by atoms with Crippen LogP contribution in [0, 0.1) is 0 Å². The second-order valence-electron chi connectivity index (χ2n) is 4.10. The molecule has 0 fully saturated rings. The van der Waals surface area contributed by atoms with E-state index in [2.05, 4.69) is 5.32 Å². The van der Waals surface area contributed by atoms with Crippen molar-refractivity contribution in [3.63, 3.8) is 0 Å². The van der Waals surface area contributed by atoms with Crippen molar-refractivity contribution in [1.29, 1.82) is 0 Å². The van der Waals surface area contributed by atoms with Gasteiger partial charge in [-0.05, 0) is 24.3 Å². The second-order valence-corrected chi connectivity index (χ2v) is 5.72. The van der Waals surface area contributed by atoms with Gasteiger partial charge in [0.15, 0.2) is 5.75 Å². The molecule has 8 heteroatoms. The lowest BCUT2D eigenvalue weighted by Crippen LogP contribution is -2.12. The third-order valence-corrected chi connectivity index (χ3v) is 3.82. The minimum atomic E-state index is -0.475. The van der Waals surface area contributed by atoms with Gasteiger partial charge in [0.25, 0.3) is 5.91 Å². The summed E-state index contributed by atoms with van der Waals surface area (Å²) in [5, 5.41) is 12.4. The van der Waals surface area contributed by atoms with Gasteiger partial charge in [0, 0.05) is 11.3 Å². The molecule has 0 heterocycles. The van der Waals surface area contributed by atoms with Gasteiger partial charge in [-0.2, -0.15) is 0 Å². The number of hydrogen-bond donors (Lipinski definition) is 3. The summed E-state index contributed by atoms with van der Waals surface area (Å²) in [5.74, 6) is -0.730. The number of nitrogens with one attached hydrogen (secondary N) is 1. The fraction of sp³-hybridized carbons (Fsp3) is 0. The molecule has 0 spiro atoms. The number of halogens is 4. The van der Waals surface area contributed by atoms with E-state index < -0.39 is 5.91 Å². The lowest BCUT2D eigenvalue weighted by atomic mass is 10.2. The quantitative estimate of drug-likeness (QED) is 0.526. The molecule has 0 saturated heterocycles. The Kier molecular flexibility index (Phi) is 4.74. The van der Waals surface area contributed by atoms with Gasteiger partial charge in [0.05, 0.1) is 25.8 Å². The number of aromatic hydroxyl groups is 1. The Morgan fingerprint density at radius 3 is 1.90 bits per heavy atom. The highest BCUT2D eigenvalue weighted by atomic mass is 35.5. The standard InChI is InChI=1S/C13H8Cl4N2O2/c14-7-1-5(2-8(15)11(7)18)13(21)19-6-3-9(16)12(20)10(17)4-6/h1-4,20H,18H2,(H,19,21). The van der Waals surface area contributed by atoms with E-state index in [1.54, 1.807) is 0 Å². The van der Waals surface area contributed by atoms with Gasteiger partial charge in [-0.15, -0.1) is 0 Å². The van der Waals surface area contributed by atoms with E-state index in [9.17, 15) is 9.90 Å². The van der Waals surface area contributed by atoms with Gasteiger partial charge in [0.2, 0.25) is 0 Å². The Morgan fingerprint density at radius 2 is 1.43 bits per heavy atom. The Hall–Kier alpha value is -1.33. The zero-order valence-electron chi connectivity index (χ0n) is 10.3. The van der Waals surface area contributed by atoms with Gasteiger partial charge < -0.3 is 16.2 Å². The molecule has 0 radical (unpaired) electrons. The van der Waals surface area contributed by atoms with E-state index in [0.29, 0.717) is 5.69 Å². The Balaban J connectivity index is 2.30. The summed E-state index contributed by atoms with van der Waals surface area (Å²) in [5.41, 5.74) is 6.34. The molecule has 110 valence electrons. The number of benzene rings is 2. The molecule has 0 bridgehead atoms. The molecule has 0 atom stereocenters. The zero-order valence-corrected chi connectivity index (χ0v) is 13.3. The number of rotatable bonds is 2. The summed E-state index contributed by atoms with van der Waals surface area (Å²) >= 11 is 23.3. The molecule has 21 heavy (non-hydrogen) atoms. The maximum atomic E-state index is 12.1. The van der Waals surface area contributed by atoms with Crippen LogP contribution < -0.4 is 11.1 Å². The van der Waals surface area contributed by atoms with E-state index in [1.165, 1.54) is 24.3 Å². The molecule has 0 saturated carbocycles. The Labute approximate surface area is 140 Å². The maximum absolute atomic E-state index is 12.1. The molecule has 2 aromatic carbocycles. The first-order valence-corrected chi connectivity index (χ1v) is 7.04. The molecule has 0 unspecified atom stereocenters. The zero-order chi connectivity index (χ0) is 15.7. The van der Waals surface area contributed by atoms with E-state index in [1.807, 2.05) is 0 Å². The normalized spacial score (nSPS) is 10.5. The van der Waals surface area contributed by atoms with Crippen LogP contribution in [-0.2, 0) is 0 Å². The van der Waals surface area contributed by atoms with Crippen molar-refractivity contribution >= 4 is 63.7 Å². The summed E-state index contributed by atoms with van der Waals surface area (Å²) in [7, 11) is 0. The SMILES string of the molecule is Nc1c(Cl)cc(C(=O)Nc2cc(Cl)c(O)c(Cl)c2)cc1Cl. The van der Waals surface area contributed by atoms with Gasteiger partial charge >= 0.3 is 0 Å². The first-order valence-electron chi connectivity index (χ1n) is 5.53. The van der Waals surface area contributed by atoms with Crippen LogP contribution in [0.2, 0.25) is 20.1 Å². The number of anilines is 2. The first kappa shape index (κ1) is 16.0. The maximum Gasteiger partial charge on any atom is 0.255 e. The molecular formula is C13H8Cl4N2O2. The number of phenolic OH excluding ortho intramolecular Hbond substituents is 1. The fourth-order valence-electron chi connectivity index (χ4n) is 1.56. The van der Waals surface area contributed by atoms with E-state index >= 15 is 0 Å². The molecule has 2 aromatic rings. The number of carbonyl (C=O) groups is 1. The predicted octanol–water partition coefficient (Wildman–Crippen LogP) is 4.84. The van der Waals surface area contributed by atoms with Gasteiger partial charge in [0.1, 0.15) is 0 Å². The molecule has 0 aliphatic carbocycles. The van der Waals surface area contributed by atoms with E-state index in [0.717, 1.165) is 0 Å². The summed E-state index contributed by atoms with van der Waals surface area (Å²) < 4.78 is 0. The highest BCUT2D eigenvalue weighted by Gasteiger charge is 2.13. The average Bonchev–Trinajstić information content (AvgIpc) is 2.41. The number of amides is 1. The Morgan fingerprint density at radius 1 is 0.952 bits per heavy atom. The van der Waals surface area contributed by atoms with Crippen molar-refractivity contribution < 1.29 is 9.90 Å². The summed E-state index contributed by atoms with van der Waals surface area (Å²) in [4.78, 5) is 12.1. The van der Waals surface area contributed by atoms with Crippen LogP contribution in [0.5, 0.6) is 5.75 Å². The lowest BCUT2D eigenvalue weighted by molar-refractivity contribution is 0.102. The number of phenols is 1. The first-order chi connectivity index (χ1) is 9.79. The molecule has 4 N–H and O–H groups in total. The lowest BCUT2D eigenvalue weighted by Gasteiger charge is -2.09. The molecular weight excluding hydrogens is 358 g/mol. The van der Waals surface area contributed by atoms with Crippen molar-refractivity contribution in [3.8, 4) is 5.75 Å². The topological polar surface area (TPSA) is 75.4 Å². The van der Waals surface area contributed by atoms with Crippen molar-refractivity contribution in [2.75, 3.05) is 11.1 Å². The van der Waals surface area contributed by atoms with Crippen molar-refractivity contribution in [2.24, 2.45) is 0 Å². The predicted molar refractivity (Wildman–Crippen MR) is 87.0 cm³/mol. The van der Waals surface area contributed by atoms with Gasteiger partial charge in [-0.1, -0.05) is 46.4 Å². The van der Waals surface area contributed by atoms with Crippen LogP contribution in [0.3, 0.4) is 0 Å². The smallest absolute Gasteiger partial charge is 0.255 e. The number of nitrogens with two attached hydrogens (primary N) is 1. The minimum absolute atomic E-state index is 0.0196. The van der Waals surface area contributed by atoms with E-state index in [4.69, 9.17) is 52.1 Å². The molecule has 2 rings (SSSR count). The van der Waals surface area contributed by atoms with E-state index in [-0.39, 0.29) is 37.1 Å². The minimum Gasteiger partial charge on any atom is -0.505 e. The number of nitrogen functional groups attached to an aromatic ring is 1. The summed E-state index contributed by atoms with van der Waals surface area (Å²) in [6.45, 7) is 0. The van der Waals surface area contributed by atoms with Crippen LogP contribution in [0.4, 0.5) is 11.4 Å². The highest BCUT2D eigenvalue weighted by Crippen LogP contribution is 2.35. The third-order valence-electron chi connectivity index (χ3n) is 2.62. The van der Waals surface area contributed by atoms with Gasteiger partial charge in [-0.25, -0.2) is 0 Å². The van der Waals surface area contributed by atoms with Crippen molar-refractivity contribution in [1.82, 2.24) is 0 Å². The Bertz CT molecular complexity index is 688. The van der Waals surface area contributed by atoms with Crippen LogP contribution in [0.15, 0.2) is 24.3 Å².